The molecule has 1 saturated carbocycles. The number of fused-ring (bicyclic) bond motifs is 3. The van der Waals surface area contributed by atoms with Crippen LogP contribution in [0.25, 0.3) is 21.7 Å². The lowest BCUT2D eigenvalue weighted by atomic mass is 9.85. The number of rotatable bonds is 3. The summed E-state index contributed by atoms with van der Waals surface area (Å²) in [6.45, 7) is 0. The van der Waals surface area contributed by atoms with E-state index in [4.69, 9.17) is 8.60 Å². The minimum atomic E-state index is -3.44. The first kappa shape index (κ1) is 17.2. The first-order valence-electron chi connectivity index (χ1n) is 8.74. The first-order chi connectivity index (χ1) is 12.4. The molecule has 0 N–H and O–H groups in total. The van der Waals surface area contributed by atoms with Crippen molar-refractivity contribution < 1.29 is 17.0 Å². The molecule has 3 aromatic rings. The average molecular weight is 372 g/mol. The zero-order valence-corrected chi connectivity index (χ0v) is 15.3. The van der Waals surface area contributed by atoms with E-state index in [-0.39, 0.29) is 17.5 Å². The zero-order valence-electron chi connectivity index (χ0n) is 14.5. The van der Waals surface area contributed by atoms with Crippen LogP contribution in [0, 0.1) is 0 Å². The highest BCUT2D eigenvalue weighted by Gasteiger charge is 2.27. The van der Waals surface area contributed by atoms with Crippen molar-refractivity contribution >= 4 is 31.9 Å². The molecule has 1 aliphatic rings. The summed E-state index contributed by atoms with van der Waals surface area (Å²) in [6, 6.07) is 13.2. The summed E-state index contributed by atoms with van der Waals surface area (Å²) in [5.74, 6) is 0.780. The van der Waals surface area contributed by atoms with Crippen molar-refractivity contribution in [2.45, 2.75) is 37.7 Å². The third-order valence-corrected chi connectivity index (χ3v) is 5.65. The van der Waals surface area contributed by atoms with Gasteiger partial charge in [0.05, 0.1) is 17.7 Å². The monoisotopic (exact) mass is 372 g/mol. The highest BCUT2D eigenvalue weighted by atomic mass is 32.2. The quantitative estimate of drug-likeness (QED) is 0.514. The van der Waals surface area contributed by atoms with Gasteiger partial charge >= 0.3 is 0 Å². The smallest absolute Gasteiger partial charge is 0.264 e. The minimum absolute atomic E-state index is 0.0403. The highest BCUT2D eigenvalue weighted by molar-refractivity contribution is 7.86. The molecule has 4 rings (SSSR count). The molecule has 5 nitrogen and oxygen atoms in total. The van der Waals surface area contributed by atoms with Gasteiger partial charge in [-0.1, -0.05) is 30.3 Å². The van der Waals surface area contributed by atoms with Crippen molar-refractivity contribution in [2.24, 2.45) is 0 Å². The van der Waals surface area contributed by atoms with E-state index in [0.717, 1.165) is 29.9 Å². The molecule has 1 heterocycles. The van der Waals surface area contributed by atoms with Crippen LogP contribution in [0.15, 0.2) is 51.7 Å². The van der Waals surface area contributed by atoms with E-state index in [0.29, 0.717) is 29.6 Å². The Bertz CT molecular complexity index is 1120. The Morgan fingerprint density at radius 1 is 1.00 bits per heavy atom. The summed E-state index contributed by atoms with van der Waals surface area (Å²) in [6.07, 6.45) is 3.53. The maximum Gasteiger partial charge on any atom is 0.264 e. The first-order valence-corrected chi connectivity index (χ1v) is 10.6. The summed E-state index contributed by atoms with van der Waals surface area (Å²) >= 11 is 0. The van der Waals surface area contributed by atoms with Crippen LogP contribution in [0.3, 0.4) is 0 Å². The Hall–Kier alpha value is -2.18. The van der Waals surface area contributed by atoms with Crippen LogP contribution < -0.4 is 5.43 Å². The van der Waals surface area contributed by atoms with Crippen molar-refractivity contribution in [3.63, 3.8) is 0 Å². The van der Waals surface area contributed by atoms with E-state index in [1.165, 1.54) is 0 Å². The van der Waals surface area contributed by atoms with Gasteiger partial charge in [-0.25, -0.2) is 0 Å². The fourth-order valence-electron chi connectivity index (χ4n) is 3.79. The SMILES string of the molecule is CS(=O)(=O)OC1CCC(c2cc(=O)c3ccc4ccccc4c3o2)CC1. The van der Waals surface area contributed by atoms with Gasteiger partial charge in [-0.05, 0) is 37.1 Å². The number of hydrogen-bond acceptors (Lipinski definition) is 5. The molecule has 136 valence electrons. The third kappa shape index (κ3) is 3.39. The van der Waals surface area contributed by atoms with E-state index >= 15 is 0 Å². The zero-order chi connectivity index (χ0) is 18.3. The molecular formula is C20H20O5S. The van der Waals surface area contributed by atoms with Gasteiger partial charge in [-0.3, -0.25) is 8.98 Å². The summed E-state index contributed by atoms with van der Waals surface area (Å²) in [5, 5.41) is 2.55. The van der Waals surface area contributed by atoms with Gasteiger partial charge in [-0.2, -0.15) is 8.42 Å². The van der Waals surface area contributed by atoms with E-state index < -0.39 is 10.1 Å². The summed E-state index contributed by atoms with van der Waals surface area (Å²) in [7, 11) is -3.44. The number of hydrogen-bond donors (Lipinski definition) is 0. The number of benzene rings is 2. The Morgan fingerprint density at radius 3 is 2.46 bits per heavy atom. The van der Waals surface area contributed by atoms with E-state index in [2.05, 4.69) is 0 Å². The molecule has 0 spiro atoms. The van der Waals surface area contributed by atoms with Crippen LogP contribution >= 0.6 is 0 Å². The van der Waals surface area contributed by atoms with Gasteiger partial charge in [0.15, 0.2) is 5.43 Å². The molecule has 6 heteroatoms. The third-order valence-electron chi connectivity index (χ3n) is 5.03. The Labute approximate surface area is 151 Å². The van der Waals surface area contributed by atoms with Crippen molar-refractivity contribution in [3.8, 4) is 0 Å². The van der Waals surface area contributed by atoms with E-state index in [9.17, 15) is 13.2 Å². The Kier molecular flexibility index (Phi) is 4.32. The molecule has 0 aliphatic heterocycles. The lowest BCUT2D eigenvalue weighted by Crippen LogP contribution is -2.23. The van der Waals surface area contributed by atoms with Gasteiger partial charge < -0.3 is 4.42 Å². The predicted octanol–water partition coefficient (Wildman–Crippen LogP) is 3.95. The van der Waals surface area contributed by atoms with Gasteiger partial charge in [0.25, 0.3) is 10.1 Å². The minimum Gasteiger partial charge on any atom is -0.460 e. The molecule has 0 bridgehead atoms. The van der Waals surface area contributed by atoms with E-state index in [1.54, 1.807) is 6.07 Å². The molecule has 1 aromatic heterocycles. The van der Waals surface area contributed by atoms with Crippen molar-refractivity contribution in [2.75, 3.05) is 6.26 Å². The molecule has 1 fully saturated rings. The molecule has 0 saturated heterocycles. The van der Waals surface area contributed by atoms with Crippen molar-refractivity contribution in [3.05, 3.63) is 58.4 Å². The van der Waals surface area contributed by atoms with Crippen LogP contribution in [0.5, 0.6) is 0 Å². The lowest BCUT2D eigenvalue weighted by molar-refractivity contribution is 0.150. The second kappa shape index (κ2) is 6.52. The normalized spacial score (nSPS) is 21.3. The van der Waals surface area contributed by atoms with Crippen LogP contribution in [0.1, 0.15) is 37.4 Å². The molecule has 0 radical (unpaired) electrons. The maximum atomic E-state index is 12.6. The van der Waals surface area contributed by atoms with Gasteiger partial charge in [-0.15, -0.1) is 0 Å². The Morgan fingerprint density at radius 2 is 1.73 bits per heavy atom. The molecule has 2 aromatic carbocycles. The Balaban J connectivity index is 1.68. The van der Waals surface area contributed by atoms with E-state index in [1.807, 2.05) is 36.4 Å². The second-order valence-electron chi connectivity index (χ2n) is 6.95. The summed E-state index contributed by atoms with van der Waals surface area (Å²) < 4.78 is 33.8. The fourth-order valence-corrected chi connectivity index (χ4v) is 4.48. The lowest BCUT2D eigenvalue weighted by Gasteiger charge is -2.27. The molecule has 0 amide bonds. The molecule has 1 aliphatic carbocycles. The molecule has 26 heavy (non-hydrogen) atoms. The average Bonchev–Trinajstić information content (AvgIpc) is 2.61. The largest absolute Gasteiger partial charge is 0.460 e. The summed E-state index contributed by atoms with van der Waals surface area (Å²) in [5.41, 5.74) is 0.585. The molecule has 0 unspecified atom stereocenters. The standard InChI is InChI=1S/C20H20O5S/c1-26(22,23)25-15-9-6-14(7-10-15)19-12-18(21)17-11-8-13-4-2-3-5-16(13)20(17)24-19/h2-5,8,11-12,14-15H,6-7,9-10H2,1H3. The highest BCUT2D eigenvalue weighted by Crippen LogP contribution is 2.36. The summed E-state index contributed by atoms with van der Waals surface area (Å²) in [4.78, 5) is 12.6. The molecule has 0 atom stereocenters. The van der Waals surface area contributed by atoms with Gasteiger partial charge in [0.1, 0.15) is 11.3 Å². The predicted molar refractivity (Wildman–Crippen MR) is 101 cm³/mol. The molecular weight excluding hydrogens is 352 g/mol. The fraction of sp³-hybridized carbons (Fsp3) is 0.350. The van der Waals surface area contributed by atoms with Crippen LogP contribution in [0.2, 0.25) is 0 Å². The van der Waals surface area contributed by atoms with Crippen LogP contribution in [0.4, 0.5) is 0 Å². The van der Waals surface area contributed by atoms with Gasteiger partial charge in [0, 0.05) is 17.4 Å². The second-order valence-corrected chi connectivity index (χ2v) is 8.55. The maximum absolute atomic E-state index is 12.6. The van der Waals surface area contributed by atoms with Crippen LogP contribution in [-0.4, -0.2) is 20.8 Å². The van der Waals surface area contributed by atoms with Crippen molar-refractivity contribution in [1.82, 2.24) is 0 Å². The van der Waals surface area contributed by atoms with Gasteiger partial charge in [0.2, 0.25) is 0 Å². The van der Waals surface area contributed by atoms with Crippen LogP contribution in [-0.2, 0) is 14.3 Å². The van der Waals surface area contributed by atoms with Crippen molar-refractivity contribution in [1.29, 1.82) is 0 Å². The topological polar surface area (TPSA) is 73.6 Å².